The van der Waals surface area contributed by atoms with E-state index in [0.29, 0.717) is 17.8 Å². The lowest BCUT2D eigenvalue weighted by molar-refractivity contribution is -0.123. The summed E-state index contributed by atoms with van der Waals surface area (Å²) < 4.78 is 0. The zero-order valence-corrected chi connectivity index (χ0v) is 12.3. The molecule has 0 unspecified atom stereocenters. The molecular weight excluding hydrogens is 266 g/mol. The number of hydrogen-bond donors (Lipinski definition) is 1. The minimum Gasteiger partial charge on any atom is -0.399 e. The Morgan fingerprint density at radius 3 is 2.52 bits per heavy atom. The van der Waals surface area contributed by atoms with Crippen molar-refractivity contribution in [1.82, 2.24) is 4.90 Å². The van der Waals surface area contributed by atoms with Crippen LogP contribution in [0.15, 0.2) is 24.3 Å². The zero-order valence-electron chi connectivity index (χ0n) is 12.3. The first-order chi connectivity index (χ1) is 10.0. The second-order valence-corrected chi connectivity index (χ2v) is 6.13. The van der Waals surface area contributed by atoms with Crippen LogP contribution < -0.4 is 10.6 Å². The van der Waals surface area contributed by atoms with Crippen LogP contribution in [-0.4, -0.2) is 29.4 Å². The van der Waals surface area contributed by atoms with Gasteiger partial charge in [-0.1, -0.05) is 25.3 Å². The first kappa shape index (κ1) is 13.9. The lowest BCUT2D eigenvalue weighted by Gasteiger charge is -2.49. The van der Waals surface area contributed by atoms with Crippen LogP contribution in [0.2, 0.25) is 0 Å². The summed E-state index contributed by atoms with van der Waals surface area (Å²) in [6.45, 7) is 0. The maximum absolute atomic E-state index is 12.7. The van der Waals surface area contributed by atoms with Crippen LogP contribution in [0.3, 0.4) is 0 Å². The van der Waals surface area contributed by atoms with Crippen molar-refractivity contribution in [2.24, 2.45) is 0 Å². The van der Waals surface area contributed by atoms with Crippen molar-refractivity contribution in [3.05, 3.63) is 24.3 Å². The minimum absolute atomic E-state index is 0.120. The Labute approximate surface area is 124 Å². The van der Waals surface area contributed by atoms with Crippen molar-refractivity contribution >= 4 is 23.3 Å². The molecule has 2 aliphatic rings. The van der Waals surface area contributed by atoms with Crippen molar-refractivity contribution < 1.29 is 9.59 Å². The van der Waals surface area contributed by atoms with Crippen LogP contribution in [-0.2, 0) is 4.79 Å². The second-order valence-electron chi connectivity index (χ2n) is 6.13. The van der Waals surface area contributed by atoms with Crippen molar-refractivity contribution in [2.45, 2.75) is 44.1 Å². The van der Waals surface area contributed by atoms with Gasteiger partial charge in [0.2, 0.25) is 5.91 Å². The van der Waals surface area contributed by atoms with E-state index in [0.717, 1.165) is 25.7 Å². The first-order valence-corrected chi connectivity index (χ1v) is 7.50. The first-order valence-electron chi connectivity index (χ1n) is 7.50. The van der Waals surface area contributed by atoms with Crippen molar-refractivity contribution in [1.29, 1.82) is 0 Å². The van der Waals surface area contributed by atoms with Crippen LogP contribution in [0, 0.1) is 0 Å². The van der Waals surface area contributed by atoms with E-state index in [-0.39, 0.29) is 17.5 Å². The molecule has 0 bridgehead atoms. The summed E-state index contributed by atoms with van der Waals surface area (Å²) in [4.78, 5) is 28.3. The van der Waals surface area contributed by atoms with Crippen LogP contribution in [0.5, 0.6) is 0 Å². The third-order valence-electron chi connectivity index (χ3n) is 4.83. The van der Waals surface area contributed by atoms with E-state index >= 15 is 0 Å². The average molecular weight is 287 g/mol. The molecule has 0 aromatic heterocycles. The van der Waals surface area contributed by atoms with Gasteiger partial charge in [-0.15, -0.1) is 0 Å². The van der Waals surface area contributed by atoms with Crippen molar-refractivity contribution in [3.8, 4) is 0 Å². The third kappa shape index (κ3) is 2.26. The summed E-state index contributed by atoms with van der Waals surface area (Å²) in [5.41, 5.74) is 6.60. The number of urea groups is 1. The molecule has 1 spiro atoms. The second kappa shape index (κ2) is 5.06. The molecule has 1 aliphatic carbocycles. The smallest absolute Gasteiger partial charge is 0.331 e. The molecule has 1 saturated carbocycles. The summed E-state index contributed by atoms with van der Waals surface area (Å²) >= 11 is 0. The molecule has 112 valence electrons. The number of anilines is 2. The zero-order chi connectivity index (χ0) is 15.0. The largest absolute Gasteiger partial charge is 0.399 e. The molecule has 1 saturated heterocycles. The van der Waals surface area contributed by atoms with E-state index in [1.165, 1.54) is 11.3 Å². The number of amides is 3. The van der Waals surface area contributed by atoms with Gasteiger partial charge >= 0.3 is 6.03 Å². The van der Waals surface area contributed by atoms with Gasteiger partial charge in [0.15, 0.2) is 0 Å². The van der Waals surface area contributed by atoms with E-state index in [2.05, 4.69) is 0 Å². The standard InChI is InChI=1S/C16H21N3O2/c1-18-15(21)19(13-7-5-6-12(17)10-13)14(20)11-16(18)8-3-2-4-9-16/h5-7,10H,2-4,8-9,11,17H2,1H3. The molecule has 1 aromatic carbocycles. The van der Waals surface area contributed by atoms with Crippen LogP contribution in [0.1, 0.15) is 38.5 Å². The van der Waals surface area contributed by atoms with Gasteiger partial charge in [-0.05, 0) is 31.0 Å². The van der Waals surface area contributed by atoms with E-state index in [4.69, 9.17) is 5.73 Å². The molecule has 5 nitrogen and oxygen atoms in total. The number of nitrogens with two attached hydrogens (primary N) is 1. The van der Waals surface area contributed by atoms with Gasteiger partial charge in [0.1, 0.15) is 0 Å². The van der Waals surface area contributed by atoms with Crippen molar-refractivity contribution in [3.63, 3.8) is 0 Å². The number of nitrogens with zero attached hydrogens (tertiary/aromatic N) is 2. The molecule has 1 heterocycles. The Morgan fingerprint density at radius 1 is 1.14 bits per heavy atom. The molecule has 2 fully saturated rings. The van der Waals surface area contributed by atoms with Gasteiger partial charge in [0.25, 0.3) is 0 Å². The number of nitrogen functional groups attached to an aromatic ring is 1. The summed E-state index contributed by atoms with van der Waals surface area (Å²) in [6.07, 6.45) is 5.62. The van der Waals surface area contributed by atoms with Gasteiger partial charge in [-0.3, -0.25) is 4.79 Å². The number of hydrogen-bond acceptors (Lipinski definition) is 3. The molecular formula is C16H21N3O2. The van der Waals surface area contributed by atoms with E-state index in [1.54, 1.807) is 29.2 Å². The van der Waals surface area contributed by atoms with Crippen LogP contribution in [0.25, 0.3) is 0 Å². The summed E-state index contributed by atoms with van der Waals surface area (Å²) in [7, 11) is 1.82. The fraction of sp³-hybridized carbons (Fsp3) is 0.500. The molecule has 0 radical (unpaired) electrons. The fourth-order valence-corrected chi connectivity index (χ4v) is 3.58. The highest BCUT2D eigenvalue weighted by Gasteiger charge is 2.48. The Hall–Kier alpha value is -2.04. The Balaban J connectivity index is 1.93. The average Bonchev–Trinajstić information content (AvgIpc) is 2.46. The van der Waals surface area contributed by atoms with E-state index in [1.807, 2.05) is 7.05 Å². The number of rotatable bonds is 1. The Kier molecular flexibility index (Phi) is 3.35. The predicted molar refractivity (Wildman–Crippen MR) is 81.9 cm³/mol. The molecule has 0 atom stereocenters. The topological polar surface area (TPSA) is 66.6 Å². The molecule has 5 heteroatoms. The quantitative estimate of drug-likeness (QED) is 0.808. The van der Waals surface area contributed by atoms with Gasteiger partial charge in [-0.25, -0.2) is 9.69 Å². The highest BCUT2D eigenvalue weighted by atomic mass is 16.2. The lowest BCUT2D eigenvalue weighted by atomic mass is 9.77. The van der Waals surface area contributed by atoms with Gasteiger partial charge in [-0.2, -0.15) is 0 Å². The predicted octanol–water partition coefficient (Wildman–Crippen LogP) is 2.76. The van der Waals surface area contributed by atoms with Crippen molar-refractivity contribution in [2.75, 3.05) is 17.7 Å². The van der Waals surface area contributed by atoms with Gasteiger partial charge < -0.3 is 10.6 Å². The summed E-state index contributed by atoms with van der Waals surface area (Å²) in [5, 5.41) is 0. The normalized spacial score (nSPS) is 22.0. The van der Waals surface area contributed by atoms with E-state index < -0.39 is 0 Å². The molecule has 21 heavy (non-hydrogen) atoms. The lowest BCUT2D eigenvalue weighted by Crippen LogP contribution is -2.63. The summed E-state index contributed by atoms with van der Waals surface area (Å²) in [5.74, 6) is -0.120. The summed E-state index contributed by atoms with van der Waals surface area (Å²) in [6, 6.07) is 6.69. The van der Waals surface area contributed by atoms with Gasteiger partial charge in [0, 0.05) is 12.7 Å². The number of benzene rings is 1. The van der Waals surface area contributed by atoms with E-state index in [9.17, 15) is 9.59 Å². The minimum atomic E-state index is -0.275. The SMILES string of the molecule is CN1C(=O)N(c2cccc(N)c2)C(=O)CC12CCCCC2. The number of carbonyl (C=O) groups excluding carboxylic acids is 2. The highest BCUT2D eigenvalue weighted by molar-refractivity contribution is 6.16. The number of carbonyl (C=O) groups is 2. The highest BCUT2D eigenvalue weighted by Crippen LogP contribution is 2.40. The van der Waals surface area contributed by atoms with Crippen LogP contribution in [0.4, 0.5) is 16.2 Å². The maximum atomic E-state index is 12.7. The maximum Gasteiger partial charge on any atom is 0.331 e. The monoisotopic (exact) mass is 287 g/mol. The number of imide groups is 1. The molecule has 3 amide bonds. The molecule has 2 N–H and O–H groups in total. The fourth-order valence-electron chi connectivity index (χ4n) is 3.58. The molecule has 3 rings (SSSR count). The Bertz CT molecular complexity index is 579. The van der Waals surface area contributed by atoms with Crippen LogP contribution >= 0.6 is 0 Å². The molecule has 1 aromatic rings. The third-order valence-corrected chi connectivity index (χ3v) is 4.83. The Morgan fingerprint density at radius 2 is 1.86 bits per heavy atom. The van der Waals surface area contributed by atoms with Gasteiger partial charge in [0.05, 0.1) is 17.6 Å². The molecule has 1 aliphatic heterocycles.